The molecule has 0 spiro atoms. The fraction of sp³-hybridized carbons (Fsp3) is 0.400. The maximum atomic E-state index is 12.8. The van der Waals surface area contributed by atoms with E-state index in [1.165, 1.54) is 11.1 Å². The van der Waals surface area contributed by atoms with Gasteiger partial charge in [-0.25, -0.2) is 0 Å². The molecule has 0 aliphatic rings. The monoisotopic (exact) mass is 474 g/mol. The van der Waals surface area contributed by atoms with Gasteiger partial charge in [0.25, 0.3) is 0 Å². The highest BCUT2D eigenvalue weighted by atomic mass is 16.5. The van der Waals surface area contributed by atoms with E-state index in [4.69, 9.17) is 9.47 Å². The number of fused-ring (bicyclic) bond motifs is 1. The molecule has 1 heterocycles. The standard InChI is InChI=1S/C30H38N2O3/c1-5-7-13-26-23(19-29(35-4)27-16-15-25(34-3)20-28(26)27)14-17-30(33)32-24(6-2)12-8-10-22-11-9-18-31-21-22/h9,11,14-21,24H,5-8,10,12-13H2,1-4H3,(H,32,33)/b17-14+. The summed E-state index contributed by atoms with van der Waals surface area (Å²) >= 11 is 0. The van der Waals surface area contributed by atoms with Crippen molar-refractivity contribution in [2.24, 2.45) is 0 Å². The molecular formula is C30H38N2O3. The quantitative estimate of drug-likeness (QED) is 0.286. The Kier molecular flexibility index (Phi) is 10.1. The zero-order valence-electron chi connectivity index (χ0n) is 21.5. The van der Waals surface area contributed by atoms with Gasteiger partial charge < -0.3 is 14.8 Å². The molecule has 1 N–H and O–H groups in total. The van der Waals surface area contributed by atoms with Crippen LogP contribution in [-0.2, 0) is 17.6 Å². The van der Waals surface area contributed by atoms with Gasteiger partial charge in [0.2, 0.25) is 5.91 Å². The van der Waals surface area contributed by atoms with Gasteiger partial charge in [0.15, 0.2) is 0 Å². The molecule has 0 saturated carbocycles. The van der Waals surface area contributed by atoms with E-state index in [1.54, 1.807) is 26.5 Å². The zero-order chi connectivity index (χ0) is 25.0. The number of aromatic nitrogens is 1. The number of carbonyl (C=O) groups is 1. The highest BCUT2D eigenvalue weighted by molar-refractivity contribution is 5.97. The fourth-order valence-corrected chi connectivity index (χ4v) is 4.42. The molecule has 1 amide bonds. The number of ether oxygens (including phenoxy) is 2. The number of nitrogens with zero attached hydrogens (tertiary/aromatic N) is 1. The molecule has 0 aliphatic heterocycles. The van der Waals surface area contributed by atoms with Crippen molar-refractivity contribution in [3.8, 4) is 11.5 Å². The minimum atomic E-state index is -0.0654. The van der Waals surface area contributed by atoms with E-state index in [1.807, 2.05) is 36.5 Å². The Morgan fingerprint density at radius 1 is 1.06 bits per heavy atom. The average Bonchev–Trinajstić information content (AvgIpc) is 2.90. The second kappa shape index (κ2) is 13.5. The highest BCUT2D eigenvalue weighted by Crippen LogP contribution is 2.35. The second-order valence-electron chi connectivity index (χ2n) is 8.86. The smallest absolute Gasteiger partial charge is 0.244 e. The number of rotatable bonds is 13. The minimum Gasteiger partial charge on any atom is -0.497 e. The Morgan fingerprint density at radius 2 is 1.91 bits per heavy atom. The highest BCUT2D eigenvalue weighted by Gasteiger charge is 2.13. The molecule has 0 bridgehead atoms. The Labute approximate surface area is 209 Å². The SMILES string of the molecule is CCCCc1c(/C=C/C(=O)NC(CC)CCCc2cccnc2)cc(OC)c2ccc(OC)cc12. The van der Waals surface area contributed by atoms with Crippen molar-refractivity contribution < 1.29 is 14.3 Å². The Bertz CT molecular complexity index is 1130. The molecule has 2 aromatic carbocycles. The Hall–Kier alpha value is -3.34. The first-order valence-corrected chi connectivity index (χ1v) is 12.6. The average molecular weight is 475 g/mol. The van der Waals surface area contributed by atoms with E-state index in [0.29, 0.717) is 0 Å². The molecule has 186 valence electrons. The third-order valence-electron chi connectivity index (χ3n) is 6.45. The number of amides is 1. The molecular weight excluding hydrogens is 436 g/mol. The largest absolute Gasteiger partial charge is 0.497 e. The van der Waals surface area contributed by atoms with Crippen LogP contribution in [0.1, 0.15) is 62.6 Å². The lowest BCUT2D eigenvalue weighted by Crippen LogP contribution is -2.33. The predicted molar refractivity (Wildman–Crippen MR) is 144 cm³/mol. The molecule has 1 unspecified atom stereocenters. The summed E-state index contributed by atoms with van der Waals surface area (Å²) in [4.78, 5) is 17.0. The number of methoxy groups -OCH3 is 2. The first-order chi connectivity index (χ1) is 17.1. The summed E-state index contributed by atoms with van der Waals surface area (Å²) in [6, 6.07) is 12.3. The lowest BCUT2D eigenvalue weighted by molar-refractivity contribution is -0.117. The van der Waals surface area contributed by atoms with E-state index < -0.39 is 0 Å². The molecule has 1 aromatic heterocycles. The number of hydrogen-bond acceptors (Lipinski definition) is 4. The summed E-state index contributed by atoms with van der Waals surface area (Å²) in [5, 5.41) is 5.34. The van der Waals surface area contributed by atoms with Crippen molar-refractivity contribution in [1.82, 2.24) is 10.3 Å². The number of nitrogens with one attached hydrogen (secondary N) is 1. The maximum Gasteiger partial charge on any atom is 0.244 e. The van der Waals surface area contributed by atoms with Gasteiger partial charge >= 0.3 is 0 Å². The number of aryl methyl sites for hydroxylation is 2. The van der Waals surface area contributed by atoms with Crippen molar-refractivity contribution in [3.05, 3.63) is 71.6 Å². The van der Waals surface area contributed by atoms with Crippen LogP contribution in [0.3, 0.4) is 0 Å². The lowest BCUT2D eigenvalue weighted by atomic mass is 9.93. The van der Waals surface area contributed by atoms with Gasteiger partial charge in [0.1, 0.15) is 11.5 Å². The van der Waals surface area contributed by atoms with Crippen molar-refractivity contribution in [2.45, 2.75) is 64.8 Å². The third kappa shape index (κ3) is 7.32. The van der Waals surface area contributed by atoms with Crippen LogP contribution < -0.4 is 14.8 Å². The first-order valence-electron chi connectivity index (χ1n) is 12.6. The van der Waals surface area contributed by atoms with Crippen LogP contribution in [0.15, 0.2) is 54.9 Å². The van der Waals surface area contributed by atoms with E-state index in [9.17, 15) is 4.79 Å². The van der Waals surface area contributed by atoms with Crippen LogP contribution >= 0.6 is 0 Å². The van der Waals surface area contributed by atoms with Crippen LogP contribution in [0.4, 0.5) is 0 Å². The molecule has 1 atom stereocenters. The van der Waals surface area contributed by atoms with Crippen LogP contribution in [0.2, 0.25) is 0 Å². The Balaban J connectivity index is 1.76. The summed E-state index contributed by atoms with van der Waals surface area (Å²) in [5.41, 5.74) is 3.46. The molecule has 0 aliphatic carbocycles. The molecule has 5 heteroatoms. The lowest BCUT2D eigenvalue weighted by Gasteiger charge is -2.17. The van der Waals surface area contributed by atoms with Gasteiger partial charge in [0.05, 0.1) is 14.2 Å². The number of carbonyl (C=O) groups excluding carboxylic acids is 1. The van der Waals surface area contributed by atoms with E-state index in [0.717, 1.165) is 72.8 Å². The summed E-state index contributed by atoms with van der Waals surface area (Å²) in [6.45, 7) is 4.30. The molecule has 3 rings (SSSR count). The van der Waals surface area contributed by atoms with E-state index in [2.05, 4.69) is 36.3 Å². The van der Waals surface area contributed by atoms with Gasteiger partial charge in [-0.3, -0.25) is 9.78 Å². The van der Waals surface area contributed by atoms with Crippen LogP contribution in [-0.4, -0.2) is 31.2 Å². The number of benzene rings is 2. The first kappa shape index (κ1) is 26.3. The topological polar surface area (TPSA) is 60.5 Å². The van der Waals surface area contributed by atoms with E-state index in [-0.39, 0.29) is 11.9 Å². The molecule has 3 aromatic rings. The van der Waals surface area contributed by atoms with Crippen LogP contribution in [0.25, 0.3) is 16.8 Å². The molecule has 0 radical (unpaired) electrons. The zero-order valence-corrected chi connectivity index (χ0v) is 21.5. The molecule has 35 heavy (non-hydrogen) atoms. The van der Waals surface area contributed by atoms with Crippen molar-refractivity contribution in [1.29, 1.82) is 0 Å². The predicted octanol–water partition coefficient (Wildman–Crippen LogP) is 6.53. The molecule has 0 fully saturated rings. The van der Waals surface area contributed by atoms with Crippen molar-refractivity contribution in [2.75, 3.05) is 14.2 Å². The molecule has 0 saturated heterocycles. The minimum absolute atomic E-state index is 0.0654. The summed E-state index contributed by atoms with van der Waals surface area (Å²) < 4.78 is 11.2. The fourth-order valence-electron chi connectivity index (χ4n) is 4.42. The number of hydrogen-bond donors (Lipinski definition) is 1. The van der Waals surface area contributed by atoms with Gasteiger partial charge in [0, 0.05) is 29.9 Å². The Morgan fingerprint density at radius 3 is 2.60 bits per heavy atom. The van der Waals surface area contributed by atoms with Gasteiger partial charge in [-0.05, 0) is 97.0 Å². The van der Waals surface area contributed by atoms with Gasteiger partial charge in [-0.15, -0.1) is 0 Å². The van der Waals surface area contributed by atoms with Gasteiger partial charge in [-0.1, -0.05) is 26.3 Å². The number of pyridine rings is 1. The van der Waals surface area contributed by atoms with Gasteiger partial charge in [-0.2, -0.15) is 0 Å². The molecule has 5 nitrogen and oxygen atoms in total. The summed E-state index contributed by atoms with van der Waals surface area (Å²) in [5.74, 6) is 1.54. The normalized spacial score (nSPS) is 12.1. The maximum absolute atomic E-state index is 12.8. The second-order valence-corrected chi connectivity index (χ2v) is 8.86. The van der Waals surface area contributed by atoms with Crippen LogP contribution in [0.5, 0.6) is 11.5 Å². The summed E-state index contributed by atoms with van der Waals surface area (Å²) in [7, 11) is 3.36. The third-order valence-corrected chi connectivity index (χ3v) is 6.45. The van der Waals surface area contributed by atoms with E-state index >= 15 is 0 Å². The van der Waals surface area contributed by atoms with Crippen molar-refractivity contribution >= 4 is 22.8 Å². The number of unbranched alkanes of at least 4 members (excludes halogenated alkanes) is 1. The van der Waals surface area contributed by atoms with Crippen molar-refractivity contribution in [3.63, 3.8) is 0 Å². The van der Waals surface area contributed by atoms with Crippen LogP contribution in [0, 0.1) is 0 Å². The summed E-state index contributed by atoms with van der Waals surface area (Å²) in [6.07, 6.45) is 14.2.